The number of carbonyl (C=O) groups is 2. The summed E-state index contributed by atoms with van der Waals surface area (Å²) in [5.41, 5.74) is 13.6. The van der Waals surface area contributed by atoms with Gasteiger partial charge in [-0.25, -0.2) is 19.9 Å². The van der Waals surface area contributed by atoms with Crippen LogP contribution in [0.3, 0.4) is 0 Å². The van der Waals surface area contributed by atoms with E-state index >= 15 is 0 Å². The molecule has 2 amide bonds. The molecule has 2 aromatic carbocycles. The van der Waals surface area contributed by atoms with Crippen LogP contribution in [-0.4, -0.2) is 55.0 Å². The van der Waals surface area contributed by atoms with Crippen LogP contribution in [0.1, 0.15) is 71.6 Å². The lowest BCUT2D eigenvalue weighted by molar-refractivity contribution is 0.0954. The Morgan fingerprint density at radius 2 is 1.24 bits per heavy atom. The molecular formula is C36H41Br2ClN10O2. The summed E-state index contributed by atoms with van der Waals surface area (Å²) < 4.78 is 5.50. The molecule has 15 heteroatoms. The molecule has 12 nitrogen and oxygen atoms in total. The molecule has 6 rings (SSSR count). The number of nitrogens with zero attached hydrogens (tertiary/aromatic N) is 6. The number of fused-ring (bicyclic) bond motifs is 2. The van der Waals surface area contributed by atoms with Crippen molar-refractivity contribution in [1.82, 2.24) is 39.7 Å². The second-order valence-corrected chi connectivity index (χ2v) is 14.1. The first kappa shape index (κ1) is 39.3. The Balaban J connectivity index is 0.000000189. The smallest absolute Gasteiger partial charge is 0.251 e. The van der Waals surface area contributed by atoms with Crippen molar-refractivity contribution >= 4 is 94.5 Å². The molecule has 0 saturated heterocycles. The van der Waals surface area contributed by atoms with E-state index in [2.05, 4.69) is 100 Å². The number of hydrogen-bond donors (Lipinski definition) is 4. The number of benzene rings is 2. The van der Waals surface area contributed by atoms with Crippen molar-refractivity contribution in [2.45, 2.75) is 53.6 Å². The van der Waals surface area contributed by atoms with Crippen molar-refractivity contribution in [2.75, 3.05) is 25.1 Å². The number of aromatic nitrogens is 6. The van der Waals surface area contributed by atoms with Crippen LogP contribution >= 0.6 is 43.5 Å². The number of aryl methyl sites for hydroxylation is 2. The predicted molar refractivity (Wildman–Crippen MR) is 213 cm³/mol. The normalized spacial score (nSPS) is 10.8. The highest BCUT2D eigenvalue weighted by molar-refractivity contribution is 9.10. The number of amides is 2. The number of anilines is 3. The summed E-state index contributed by atoms with van der Waals surface area (Å²) >= 11 is 12.8. The van der Waals surface area contributed by atoms with Crippen molar-refractivity contribution in [2.24, 2.45) is 0 Å². The minimum atomic E-state index is -0.110. The lowest BCUT2D eigenvalue weighted by atomic mass is 10.1. The summed E-state index contributed by atoms with van der Waals surface area (Å²) in [5.74, 6) is 0.489. The van der Waals surface area contributed by atoms with Gasteiger partial charge in [0.2, 0.25) is 0 Å². The van der Waals surface area contributed by atoms with Gasteiger partial charge in [0.05, 0.1) is 23.7 Å². The quantitative estimate of drug-likeness (QED) is 0.0960. The molecule has 0 aliphatic carbocycles. The van der Waals surface area contributed by atoms with E-state index in [1.165, 1.54) is 0 Å². The minimum Gasteiger partial charge on any atom is -0.399 e. The Hall–Kier alpha value is -4.53. The first-order chi connectivity index (χ1) is 24.1. The fourth-order valence-electron chi connectivity index (χ4n) is 5.12. The zero-order valence-corrected chi connectivity index (χ0v) is 33.6. The molecular weight excluding hydrogens is 800 g/mol. The van der Waals surface area contributed by atoms with Gasteiger partial charge in [0.25, 0.3) is 11.8 Å². The summed E-state index contributed by atoms with van der Waals surface area (Å²) in [5, 5.41) is 9.04. The summed E-state index contributed by atoms with van der Waals surface area (Å²) in [7, 11) is 3.23. The number of nitrogen functional groups attached to an aromatic ring is 1. The molecule has 0 saturated carbocycles. The van der Waals surface area contributed by atoms with Gasteiger partial charge in [-0.05, 0) is 121 Å². The van der Waals surface area contributed by atoms with Gasteiger partial charge in [-0.15, -0.1) is 0 Å². The van der Waals surface area contributed by atoms with Crippen molar-refractivity contribution in [3.63, 3.8) is 0 Å². The fourth-order valence-corrected chi connectivity index (χ4v) is 6.30. The van der Waals surface area contributed by atoms with Crippen LogP contribution in [-0.2, 0) is 0 Å². The van der Waals surface area contributed by atoms with Crippen LogP contribution < -0.4 is 21.7 Å². The lowest BCUT2D eigenvalue weighted by Gasteiger charge is -2.14. The monoisotopic (exact) mass is 838 g/mol. The molecule has 0 atom stereocenters. The molecule has 0 aliphatic rings. The molecule has 0 bridgehead atoms. The molecule has 4 heterocycles. The minimum absolute atomic E-state index is 0.0974. The molecule has 268 valence electrons. The van der Waals surface area contributed by atoms with Crippen LogP contribution in [0.2, 0.25) is 5.15 Å². The van der Waals surface area contributed by atoms with E-state index < -0.39 is 0 Å². The standard InChI is InChI=1S/C18H20BrN5O.C9H9BrClN3.C9H12N2O/c1-10(2)24-9-21-14-8-15(19)23-17(16(14)24)22-12-6-5-11(3)13(7-12)18(25)20-4;1-5(2)14-4-12-6-3-7(10)13-9(11)8(6)14;1-6-3-4-7(10)5-8(6)9(12)11-2/h5-10H,1-4H3,(H,20,25)(H,22,23);3-5H,1-2H3;3-5H,10H2,1-2H3,(H,11,12). The summed E-state index contributed by atoms with van der Waals surface area (Å²) in [6.07, 6.45) is 3.61. The molecule has 51 heavy (non-hydrogen) atoms. The maximum Gasteiger partial charge on any atom is 0.251 e. The molecule has 0 spiro atoms. The molecule has 5 N–H and O–H groups in total. The third kappa shape index (κ3) is 9.43. The number of rotatable bonds is 6. The predicted octanol–water partition coefficient (Wildman–Crippen LogP) is 8.55. The number of hydrogen-bond acceptors (Lipinski definition) is 8. The first-order valence-corrected chi connectivity index (χ1v) is 18.0. The topological polar surface area (TPSA) is 158 Å². The summed E-state index contributed by atoms with van der Waals surface area (Å²) in [6.45, 7) is 12.2. The average Bonchev–Trinajstić information content (AvgIpc) is 3.72. The Kier molecular flexibility index (Phi) is 13.2. The SMILES string of the molecule is CC(C)n1cnc2cc(Br)nc(Cl)c21.CNC(=O)c1cc(N)ccc1C.CNC(=O)c1cc(Nc2nc(Br)cc3ncn(C(C)C)c23)ccc1C. The van der Waals surface area contributed by atoms with Crippen molar-refractivity contribution in [1.29, 1.82) is 0 Å². The fraction of sp³-hybridized carbons (Fsp3) is 0.278. The molecule has 0 radical (unpaired) electrons. The average molecular weight is 841 g/mol. The number of nitrogens with two attached hydrogens (primary N) is 1. The molecule has 0 aliphatic heterocycles. The molecule has 6 aromatic rings. The molecule has 0 fully saturated rings. The Morgan fingerprint density at radius 1 is 0.745 bits per heavy atom. The van der Waals surface area contributed by atoms with E-state index in [1.807, 2.05) is 61.1 Å². The number of nitrogens with one attached hydrogen (secondary N) is 3. The van der Waals surface area contributed by atoms with Crippen molar-refractivity contribution in [3.05, 3.63) is 97.8 Å². The van der Waals surface area contributed by atoms with E-state index in [0.29, 0.717) is 43.0 Å². The van der Waals surface area contributed by atoms with Gasteiger partial charge in [0, 0.05) is 48.7 Å². The van der Waals surface area contributed by atoms with Gasteiger partial charge in [-0.3, -0.25) is 9.59 Å². The Labute approximate surface area is 318 Å². The van der Waals surface area contributed by atoms with E-state index in [1.54, 1.807) is 32.6 Å². The highest BCUT2D eigenvalue weighted by Crippen LogP contribution is 2.30. The number of imidazole rings is 2. The molecule has 0 unspecified atom stereocenters. The maximum atomic E-state index is 12.0. The molecule has 4 aromatic heterocycles. The van der Waals surface area contributed by atoms with Crippen LogP contribution in [0.15, 0.2) is 70.4 Å². The van der Waals surface area contributed by atoms with Gasteiger partial charge in [0.15, 0.2) is 11.0 Å². The van der Waals surface area contributed by atoms with Gasteiger partial charge < -0.3 is 30.8 Å². The largest absolute Gasteiger partial charge is 0.399 e. The Morgan fingerprint density at radius 3 is 1.78 bits per heavy atom. The van der Waals surface area contributed by atoms with E-state index in [9.17, 15) is 9.59 Å². The highest BCUT2D eigenvalue weighted by atomic mass is 79.9. The number of carbonyl (C=O) groups excluding carboxylic acids is 2. The van der Waals surface area contributed by atoms with Crippen LogP contribution in [0.4, 0.5) is 17.2 Å². The number of pyridine rings is 2. The highest BCUT2D eigenvalue weighted by Gasteiger charge is 2.15. The summed E-state index contributed by atoms with van der Waals surface area (Å²) in [4.78, 5) is 40.7. The van der Waals surface area contributed by atoms with Gasteiger partial charge >= 0.3 is 0 Å². The lowest BCUT2D eigenvalue weighted by Crippen LogP contribution is -2.19. The van der Waals surface area contributed by atoms with Gasteiger partial charge in [-0.2, -0.15) is 0 Å². The van der Waals surface area contributed by atoms with Crippen molar-refractivity contribution < 1.29 is 9.59 Å². The van der Waals surface area contributed by atoms with Crippen LogP contribution in [0, 0.1) is 13.8 Å². The van der Waals surface area contributed by atoms with Crippen molar-refractivity contribution in [3.8, 4) is 0 Å². The second kappa shape index (κ2) is 17.1. The zero-order valence-electron chi connectivity index (χ0n) is 29.6. The number of halogens is 3. The van der Waals surface area contributed by atoms with E-state index in [-0.39, 0.29) is 17.9 Å². The van der Waals surface area contributed by atoms with Gasteiger partial charge in [0.1, 0.15) is 20.2 Å². The summed E-state index contributed by atoms with van der Waals surface area (Å²) in [6, 6.07) is 15.3. The van der Waals surface area contributed by atoms with E-state index in [4.69, 9.17) is 17.3 Å². The third-order valence-electron chi connectivity index (χ3n) is 7.82. The maximum absolute atomic E-state index is 12.0. The second-order valence-electron chi connectivity index (χ2n) is 12.1. The van der Waals surface area contributed by atoms with E-state index in [0.717, 1.165) is 38.9 Å². The van der Waals surface area contributed by atoms with Crippen LogP contribution in [0.25, 0.3) is 22.1 Å². The zero-order chi connectivity index (χ0) is 37.6. The van der Waals surface area contributed by atoms with Gasteiger partial charge in [-0.1, -0.05) is 23.7 Å². The van der Waals surface area contributed by atoms with Crippen LogP contribution in [0.5, 0.6) is 0 Å². The third-order valence-corrected chi connectivity index (χ3v) is 8.89. The Bertz CT molecular complexity index is 2200. The first-order valence-electron chi connectivity index (χ1n) is 16.0.